The molecule has 1 N–H and O–H groups in total. The van der Waals surface area contributed by atoms with Crippen LogP contribution in [0.5, 0.6) is 0 Å². The molecule has 6 heteroatoms. The first-order valence-corrected chi connectivity index (χ1v) is 7.86. The van der Waals surface area contributed by atoms with Gasteiger partial charge < -0.3 is 0 Å². The zero-order valence-electron chi connectivity index (χ0n) is 10.9. The van der Waals surface area contributed by atoms with E-state index in [1.54, 1.807) is 0 Å². The van der Waals surface area contributed by atoms with Crippen molar-refractivity contribution in [1.82, 2.24) is 9.71 Å². The maximum absolute atomic E-state index is 12.2. The topological polar surface area (TPSA) is 82.8 Å². The van der Waals surface area contributed by atoms with Crippen LogP contribution in [0.15, 0.2) is 23.2 Å². The van der Waals surface area contributed by atoms with Gasteiger partial charge in [-0.15, -0.1) is 0 Å². The molecule has 1 aromatic rings. The average molecular weight is 279 g/mol. The van der Waals surface area contributed by atoms with Crippen molar-refractivity contribution in [3.63, 3.8) is 0 Å². The van der Waals surface area contributed by atoms with E-state index in [0.717, 1.165) is 25.7 Å². The summed E-state index contributed by atoms with van der Waals surface area (Å²) >= 11 is 0. The second kappa shape index (κ2) is 5.27. The summed E-state index contributed by atoms with van der Waals surface area (Å²) in [7, 11) is -3.65. The van der Waals surface area contributed by atoms with Crippen molar-refractivity contribution in [3.8, 4) is 6.07 Å². The fourth-order valence-corrected chi connectivity index (χ4v) is 3.50. The van der Waals surface area contributed by atoms with E-state index in [0.29, 0.717) is 6.54 Å². The van der Waals surface area contributed by atoms with E-state index in [-0.39, 0.29) is 16.0 Å². The van der Waals surface area contributed by atoms with E-state index in [9.17, 15) is 8.42 Å². The highest BCUT2D eigenvalue weighted by Crippen LogP contribution is 2.49. The van der Waals surface area contributed by atoms with Crippen molar-refractivity contribution >= 4 is 10.0 Å². The largest absolute Gasteiger partial charge is 0.244 e. The first-order chi connectivity index (χ1) is 9.03. The Morgan fingerprint density at radius 3 is 2.84 bits per heavy atom. The van der Waals surface area contributed by atoms with Crippen molar-refractivity contribution in [1.29, 1.82) is 5.26 Å². The number of nitrogens with one attached hydrogen (secondary N) is 1. The Balaban J connectivity index is 2.13. The molecule has 5 nitrogen and oxygen atoms in total. The SMILES string of the molecule is CCCC1(CNS(=O)(=O)c2cccnc2C#N)CC1. The Morgan fingerprint density at radius 1 is 1.53 bits per heavy atom. The molecule has 0 aromatic carbocycles. The van der Waals surface area contributed by atoms with E-state index < -0.39 is 10.0 Å². The van der Waals surface area contributed by atoms with E-state index in [1.807, 2.05) is 6.07 Å². The molecule has 0 aliphatic heterocycles. The van der Waals surface area contributed by atoms with Crippen molar-refractivity contribution in [2.45, 2.75) is 37.5 Å². The first-order valence-electron chi connectivity index (χ1n) is 6.38. The summed E-state index contributed by atoms with van der Waals surface area (Å²) in [4.78, 5) is 3.74. The molecule has 0 bridgehead atoms. The van der Waals surface area contributed by atoms with Crippen LogP contribution in [0.4, 0.5) is 0 Å². The molecule has 1 aliphatic carbocycles. The van der Waals surface area contributed by atoms with Gasteiger partial charge >= 0.3 is 0 Å². The molecule has 0 atom stereocenters. The summed E-state index contributed by atoms with van der Waals surface area (Å²) in [5.41, 5.74) is 0.0759. The van der Waals surface area contributed by atoms with Crippen LogP contribution >= 0.6 is 0 Å². The molecule has 102 valence electrons. The van der Waals surface area contributed by atoms with Crippen molar-refractivity contribution < 1.29 is 8.42 Å². The van der Waals surface area contributed by atoms with Gasteiger partial charge in [0.1, 0.15) is 11.0 Å². The Bertz CT molecular complexity index is 601. The fraction of sp³-hybridized carbons (Fsp3) is 0.538. The molecule has 0 saturated heterocycles. The molecule has 19 heavy (non-hydrogen) atoms. The number of rotatable bonds is 6. The molecule has 1 aliphatic rings. The molecule has 2 rings (SSSR count). The third kappa shape index (κ3) is 3.11. The van der Waals surface area contributed by atoms with Crippen LogP contribution < -0.4 is 4.72 Å². The number of nitriles is 1. The van der Waals surface area contributed by atoms with Crippen LogP contribution in [0, 0.1) is 16.7 Å². The summed E-state index contributed by atoms with van der Waals surface area (Å²) in [5, 5.41) is 8.90. The van der Waals surface area contributed by atoms with Crippen LogP contribution in [0.25, 0.3) is 0 Å². The van der Waals surface area contributed by atoms with Crippen molar-refractivity contribution in [3.05, 3.63) is 24.0 Å². The molecule has 0 radical (unpaired) electrons. The minimum absolute atomic E-state index is 0.0372. The molecular weight excluding hydrogens is 262 g/mol. The lowest BCUT2D eigenvalue weighted by molar-refractivity contribution is 0.449. The van der Waals surface area contributed by atoms with Crippen LogP contribution in [-0.2, 0) is 10.0 Å². The minimum Gasteiger partial charge on any atom is -0.244 e. The highest BCUT2D eigenvalue weighted by molar-refractivity contribution is 7.89. The van der Waals surface area contributed by atoms with E-state index >= 15 is 0 Å². The smallest absolute Gasteiger partial charge is 0.243 e. The molecule has 0 amide bonds. The Morgan fingerprint density at radius 2 is 2.26 bits per heavy atom. The molecule has 1 aromatic heterocycles. The summed E-state index contributed by atoms with van der Waals surface area (Å²) in [6.07, 6.45) is 5.64. The third-order valence-corrected chi connectivity index (χ3v) is 4.97. The third-order valence-electron chi connectivity index (χ3n) is 3.54. The zero-order chi connectivity index (χ0) is 13.9. The Hall–Kier alpha value is -1.45. The number of pyridine rings is 1. The lowest BCUT2D eigenvalue weighted by Gasteiger charge is -2.15. The van der Waals surface area contributed by atoms with Crippen LogP contribution in [0.3, 0.4) is 0 Å². The highest BCUT2D eigenvalue weighted by Gasteiger charge is 2.42. The maximum atomic E-state index is 12.2. The summed E-state index contributed by atoms with van der Waals surface area (Å²) in [5.74, 6) is 0. The van der Waals surface area contributed by atoms with Gasteiger partial charge in [-0.05, 0) is 36.8 Å². The van der Waals surface area contributed by atoms with Gasteiger partial charge in [-0.2, -0.15) is 5.26 Å². The van der Waals surface area contributed by atoms with Gasteiger partial charge in [0, 0.05) is 12.7 Å². The second-order valence-corrected chi connectivity index (χ2v) is 6.77. The van der Waals surface area contributed by atoms with E-state index in [4.69, 9.17) is 5.26 Å². The Labute approximate surface area is 113 Å². The van der Waals surface area contributed by atoms with E-state index in [1.165, 1.54) is 18.3 Å². The quantitative estimate of drug-likeness (QED) is 0.861. The van der Waals surface area contributed by atoms with Gasteiger partial charge in [0.15, 0.2) is 5.69 Å². The van der Waals surface area contributed by atoms with Gasteiger partial charge in [0.25, 0.3) is 0 Å². The summed E-state index contributed by atoms with van der Waals surface area (Å²) in [6.45, 7) is 2.55. The minimum atomic E-state index is -3.65. The van der Waals surface area contributed by atoms with Gasteiger partial charge in [-0.3, -0.25) is 0 Å². The van der Waals surface area contributed by atoms with Crippen molar-refractivity contribution in [2.75, 3.05) is 6.54 Å². The van der Waals surface area contributed by atoms with Gasteiger partial charge in [-0.1, -0.05) is 13.3 Å². The normalized spacial score (nSPS) is 16.8. The highest BCUT2D eigenvalue weighted by atomic mass is 32.2. The molecule has 1 heterocycles. The summed E-state index contributed by atoms with van der Waals surface area (Å²) in [6, 6.07) is 4.74. The predicted molar refractivity (Wildman–Crippen MR) is 70.7 cm³/mol. The van der Waals surface area contributed by atoms with Crippen LogP contribution in [0.2, 0.25) is 0 Å². The number of hydrogen-bond acceptors (Lipinski definition) is 4. The number of aromatic nitrogens is 1. The lowest BCUT2D eigenvalue weighted by Crippen LogP contribution is -2.31. The van der Waals surface area contributed by atoms with Gasteiger partial charge in [-0.25, -0.2) is 18.1 Å². The predicted octanol–water partition coefficient (Wildman–Crippen LogP) is 1.81. The van der Waals surface area contributed by atoms with Crippen LogP contribution in [-0.4, -0.2) is 19.9 Å². The fourth-order valence-electron chi connectivity index (χ4n) is 2.24. The monoisotopic (exact) mass is 279 g/mol. The molecule has 0 unspecified atom stereocenters. The van der Waals surface area contributed by atoms with Crippen molar-refractivity contribution in [2.24, 2.45) is 5.41 Å². The molecule has 1 saturated carbocycles. The first kappa shape index (κ1) is 14.0. The number of hydrogen-bond donors (Lipinski definition) is 1. The standard InChI is InChI=1S/C13H17N3O2S/c1-2-5-13(6-7-13)10-16-19(17,18)12-4-3-8-15-11(12)9-14/h3-4,8,16H,2,5-7,10H2,1H3. The van der Waals surface area contributed by atoms with E-state index in [2.05, 4.69) is 16.6 Å². The lowest BCUT2D eigenvalue weighted by atomic mass is 10.0. The second-order valence-electron chi connectivity index (χ2n) is 5.04. The number of nitrogens with zero attached hydrogens (tertiary/aromatic N) is 2. The zero-order valence-corrected chi connectivity index (χ0v) is 11.7. The number of sulfonamides is 1. The molecule has 0 spiro atoms. The summed E-state index contributed by atoms with van der Waals surface area (Å²) < 4.78 is 27.0. The van der Waals surface area contributed by atoms with Gasteiger partial charge in [0.2, 0.25) is 10.0 Å². The molecule has 1 fully saturated rings. The average Bonchev–Trinajstić information content (AvgIpc) is 3.17. The molecular formula is C13H17N3O2S. The van der Waals surface area contributed by atoms with Crippen LogP contribution in [0.1, 0.15) is 38.3 Å². The van der Waals surface area contributed by atoms with Gasteiger partial charge in [0.05, 0.1) is 0 Å². The Kier molecular flexibility index (Phi) is 3.88. The maximum Gasteiger partial charge on any atom is 0.243 e.